The van der Waals surface area contributed by atoms with Gasteiger partial charge in [-0.25, -0.2) is 0 Å². The summed E-state index contributed by atoms with van der Waals surface area (Å²) >= 11 is 1.82. The van der Waals surface area contributed by atoms with E-state index >= 15 is 0 Å². The Balaban J connectivity index is 0.00000288. The Bertz CT molecular complexity index is 505. The van der Waals surface area contributed by atoms with Gasteiger partial charge in [0.2, 0.25) is 0 Å². The van der Waals surface area contributed by atoms with Gasteiger partial charge in [0.15, 0.2) is 5.96 Å². The van der Waals surface area contributed by atoms with Crippen molar-refractivity contribution < 1.29 is 0 Å². The summed E-state index contributed by atoms with van der Waals surface area (Å²) in [5.41, 5.74) is 0.110. The van der Waals surface area contributed by atoms with Crippen LogP contribution in [0.2, 0.25) is 0 Å². The van der Waals surface area contributed by atoms with Crippen molar-refractivity contribution in [2.45, 2.75) is 38.1 Å². The highest BCUT2D eigenvalue weighted by molar-refractivity contribution is 14.0. The van der Waals surface area contributed by atoms with Crippen LogP contribution in [-0.4, -0.2) is 50.1 Å². The number of rotatable bonds is 6. The van der Waals surface area contributed by atoms with Crippen LogP contribution >= 0.6 is 35.3 Å². The van der Waals surface area contributed by atoms with Crippen molar-refractivity contribution in [1.82, 2.24) is 15.5 Å². The molecule has 0 aliphatic carbocycles. The molecule has 0 spiro atoms. The number of thiophene rings is 1. The van der Waals surface area contributed by atoms with E-state index in [9.17, 15) is 0 Å². The second-order valence-electron chi connectivity index (χ2n) is 6.79. The normalized spacial score (nSPS) is 17.2. The number of nitrogens with one attached hydrogen (secondary N) is 2. The molecule has 1 aliphatic heterocycles. The molecule has 0 radical (unpaired) electrons. The summed E-state index contributed by atoms with van der Waals surface area (Å²) in [7, 11) is 1.85. The molecule has 1 fully saturated rings. The van der Waals surface area contributed by atoms with Crippen LogP contribution in [0.4, 0.5) is 0 Å². The van der Waals surface area contributed by atoms with E-state index < -0.39 is 0 Å². The van der Waals surface area contributed by atoms with Gasteiger partial charge in [-0.3, -0.25) is 9.89 Å². The van der Waals surface area contributed by atoms with E-state index in [1.54, 1.807) is 0 Å². The Hall–Kier alpha value is -0.600. The maximum absolute atomic E-state index is 4.39. The van der Waals surface area contributed by atoms with Gasteiger partial charge in [0.25, 0.3) is 0 Å². The van der Waals surface area contributed by atoms with Crippen molar-refractivity contribution in [2.24, 2.45) is 4.99 Å². The van der Waals surface area contributed by atoms with Crippen molar-refractivity contribution in [2.75, 3.05) is 33.2 Å². The zero-order valence-corrected chi connectivity index (χ0v) is 18.2. The van der Waals surface area contributed by atoms with Crippen LogP contribution in [-0.2, 0) is 5.41 Å². The second-order valence-corrected chi connectivity index (χ2v) is 7.74. The Morgan fingerprint density at radius 1 is 1.46 bits per heavy atom. The Morgan fingerprint density at radius 3 is 2.71 bits per heavy atom. The van der Waals surface area contributed by atoms with Crippen LogP contribution in [0.3, 0.4) is 0 Å². The summed E-state index contributed by atoms with van der Waals surface area (Å²) in [5, 5.41) is 9.21. The van der Waals surface area contributed by atoms with Crippen LogP contribution < -0.4 is 10.6 Å². The van der Waals surface area contributed by atoms with Crippen LogP contribution in [0.5, 0.6) is 0 Å². The molecule has 0 bridgehead atoms. The van der Waals surface area contributed by atoms with E-state index in [-0.39, 0.29) is 29.4 Å². The number of aliphatic imine (C=N–C) groups is 1. The van der Waals surface area contributed by atoms with E-state index in [0.29, 0.717) is 6.04 Å². The van der Waals surface area contributed by atoms with Gasteiger partial charge in [-0.05, 0) is 24.3 Å². The van der Waals surface area contributed by atoms with Crippen molar-refractivity contribution >= 4 is 41.3 Å². The summed E-state index contributed by atoms with van der Waals surface area (Å²) in [4.78, 5) is 8.24. The number of piperidine rings is 1. The molecule has 0 unspecified atom stereocenters. The van der Waals surface area contributed by atoms with Crippen molar-refractivity contribution in [3.8, 4) is 0 Å². The fraction of sp³-hybridized carbons (Fsp3) is 0.611. The summed E-state index contributed by atoms with van der Waals surface area (Å²) in [5.74, 6) is 0.914. The average molecular weight is 462 g/mol. The first-order valence-corrected chi connectivity index (χ1v) is 9.27. The topological polar surface area (TPSA) is 39.7 Å². The number of hydrogen-bond acceptors (Lipinski definition) is 3. The van der Waals surface area contributed by atoms with Gasteiger partial charge in [0.1, 0.15) is 0 Å². The van der Waals surface area contributed by atoms with Crippen molar-refractivity contribution in [3.05, 3.63) is 35.0 Å². The fourth-order valence-corrected chi connectivity index (χ4v) is 3.74. The van der Waals surface area contributed by atoms with Crippen LogP contribution in [0.1, 0.15) is 31.6 Å². The molecule has 6 heteroatoms. The molecule has 24 heavy (non-hydrogen) atoms. The minimum Gasteiger partial charge on any atom is -0.356 e. The highest BCUT2D eigenvalue weighted by Crippen LogP contribution is 2.26. The molecule has 2 rings (SSSR count). The molecule has 0 amide bonds. The molecule has 0 atom stereocenters. The Labute approximate surface area is 167 Å². The van der Waals surface area contributed by atoms with Gasteiger partial charge < -0.3 is 10.6 Å². The Morgan fingerprint density at radius 2 is 2.17 bits per heavy atom. The van der Waals surface area contributed by atoms with Gasteiger partial charge in [0, 0.05) is 49.6 Å². The fourth-order valence-electron chi connectivity index (χ4n) is 2.89. The molecule has 0 saturated carbocycles. The van der Waals surface area contributed by atoms with Crippen molar-refractivity contribution in [3.63, 3.8) is 0 Å². The highest BCUT2D eigenvalue weighted by atomic mass is 127. The molecule has 1 saturated heterocycles. The van der Waals surface area contributed by atoms with Gasteiger partial charge in [0.05, 0.1) is 0 Å². The third kappa shape index (κ3) is 6.37. The zero-order chi connectivity index (χ0) is 16.7. The van der Waals surface area contributed by atoms with Gasteiger partial charge in [-0.15, -0.1) is 41.9 Å². The molecular weight excluding hydrogens is 431 g/mol. The van der Waals surface area contributed by atoms with Gasteiger partial charge in [-0.1, -0.05) is 26.0 Å². The molecule has 0 aromatic carbocycles. The van der Waals surface area contributed by atoms with E-state index in [2.05, 4.69) is 58.5 Å². The van der Waals surface area contributed by atoms with Gasteiger partial charge in [-0.2, -0.15) is 0 Å². The predicted molar refractivity (Wildman–Crippen MR) is 117 cm³/mol. The monoisotopic (exact) mass is 462 g/mol. The highest BCUT2D eigenvalue weighted by Gasteiger charge is 2.23. The average Bonchev–Trinajstić information content (AvgIpc) is 3.09. The number of hydrogen-bond donors (Lipinski definition) is 2. The van der Waals surface area contributed by atoms with Crippen LogP contribution in [0.15, 0.2) is 35.2 Å². The van der Waals surface area contributed by atoms with E-state index in [0.717, 1.165) is 45.0 Å². The van der Waals surface area contributed by atoms with E-state index in [4.69, 9.17) is 0 Å². The van der Waals surface area contributed by atoms with Crippen molar-refractivity contribution in [1.29, 1.82) is 0 Å². The maximum Gasteiger partial charge on any atom is 0.191 e. The molecule has 2 heterocycles. The smallest absolute Gasteiger partial charge is 0.191 e. The third-order valence-corrected chi connectivity index (χ3v) is 5.66. The molecule has 4 nitrogen and oxygen atoms in total. The van der Waals surface area contributed by atoms with Crippen LogP contribution in [0, 0.1) is 0 Å². The summed E-state index contributed by atoms with van der Waals surface area (Å²) < 4.78 is 0. The zero-order valence-electron chi connectivity index (χ0n) is 15.0. The molecule has 1 aromatic heterocycles. The minimum absolute atomic E-state index is 0. The predicted octanol–water partition coefficient (Wildman–Crippen LogP) is 3.46. The summed E-state index contributed by atoms with van der Waals surface area (Å²) in [6, 6.07) is 4.83. The molecule has 1 aliphatic rings. The number of nitrogens with zero attached hydrogens (tertiary/aromatic N) is 2. The molecular formula is C18H31IN4S. The lowest BCUT2D eigenvalue weighted by molar-refractivity contribution is 0.225. The summed E-state index contributed by atoms with van der Waals surface area (Å²) in [6.07, 6.45) is 4.30. The standard InChI is InChI=1S/C18H30N4S.HI/c1-5-10-22-11-8-15(9-12-22)21-17(19-4)20-14-18(2,3)16-7-6-13-23-16;/h5-7,13,15H,1,8-12,14H2,2-4H3,(H2,19,20,21);1H. The lowest BCUT2D eigenvalue weighted by Gasteiger charge is -2.33. The number of halogens is 1. The lowest BCUT2D eigenvalue weighted by atomic mass is 9.91. The van der Waals surface area contributed by atoms with E-state index in [1.165, 1.54) is 4.88 Å². The lowest BCUT2D eigenvalue weighted by Crippen LogP contribution is -2.50. The second kappa shape index (κ2) is 10.4. The quantitative estimate of drug-likeness (QED) is 0.295. The number of likely N-dealkylation sites (tertiary alicyclic amines) is 1. The Kier molecular flexibility index (Phi) is 9.30. The third-order valence-electron chi connectivity index (χ3n) is 4.43. The van der Waals surface area contributed by atoms with Crippen LogP contribution in [0.25, 0.3) is 0 Å². The molecule has 1 aromatic rings. The summed E-state index contributed by atoms with van der Waals surface area (Å²) in [6.45, 7) is 12.5. The molecule has 136 valence electrons. The first kappa shape index (κ1) is 21.4. The first-order valence-electron chi connectivity index (χ1n) is 8.39. The van der Waals surface area contributed by atoms with E-state index in [1.807, 2.05) is 24.5 Å². The van der Waals surface area contributed by atoms with Gasteiger partial charge >= 0.3 is 0 Å². The first-order chi connectivity index (χ1) is 11.0. The maximum atomic E-state index is 4.39. The molecule has 2 N–H and O–H groups in total. The number of guanidine groups is 1. The largest absolute Gasteiger partial charge is 0.356 e. The minimum atomic E-state index is 0. The SMILES string of the molecule is C=CCN1CCC(NC(=NC)NCC(C)(C)c2cccs2)CC1.I.